The molecule has 0 fully saturated rings. The molecule has 0 aliphatic rings. The van der Waals surface area contributed by atoms with Gasteiger partial charge in [0, 0.05) is 18.4 Å². The molecule has 5 heteroatoms. The number of nitrogens with one attached hydrogen (secondary N) is 1. The van der Waals surface area contributed by atoms with Crippen molar-refractivity contribution in [1.82, 2.24) is 10.3 Å². The lowest BCUT2D eigenvalue weighted by atomic mass is 9.82. The first kappa shape index (κ1) is 18.2. The van der Waals surface area contributed by atoms with Crippen molar-refractivity contribution in [3.05, 3.63) is 22.8 Å². The van der Waals surface area contributed by atoms with Gasteiger partial charge >= 0.3 is 0 Å². The molecule has 0 saturated carbocycles. The molecule has 1 aromatic heterocycles. The number of rotatable bonds is 7. The first-order valence-corrected chi connectivity index (χ1v) is 7.94. The van der Waals surface area contributed by atoms with Crippen molar-refractivity contribution in [2.75, 3.05) is 18.9 Å². The molecule has 2 atom stereocenters. The number of ether oxygens (including phenoxy) is 1. The third-order valence-corrected chi connectivity index (χ3v) is 3.57. The lowest BCUT2D eigenvalue weighted by Crippen LogP contribution is -2.42. The fourth-order valence-electron chi connectivity index (χ4n) is 2.42. The molecule has 0 saturated heterocycles. The first-order valence-electron chi connectivity index (χ1n) is 7.57. The highest BCUT2D eigenvalue weighted by Gasteiger charge is 2.35. The highest BCUT2D eigenvalue weighted by atomic mass is 35.5. The lowest BCUT2D eigenvalue weighted by molar-refractivity contribution is -0.0364. The summed E-state index contributed by atoms with van der Waals surface area (Å²) >= 11 is 6.10. The van der Waals surface area contributed by atoms with Gasteiger partial charge in [0.15, 0.2) is 0 Å². The number of nitrogen functional groups attached to an aromatic ring is 1. The third kappa shape index (κ3) is 5.13. The number of halogens is 1. The van der Waals surface area contributed by atoms with Crippen molar-refractivity contribution in [2.24, 2.45) is 5.41 Å². The molecule has 2 unspecified atom stereocenters. The van der Waals surface area contributed by atoms with Crippen LogP contribution in [-0.2, 0) is 4.74 Å². The summed E-state index contributed by atoms with van der Waals surface area (Å²) in [6, 6.07) is 1.85. The van der Waals surface area contributed by atoms with Crippen LogP contribution in [0.3, 0.4) is 0 Å². The summed E-state index contributed by atoms with van der Waals surface area (Å²) in [5, 5.41) is 4.13. The molecule has 120 valence electrons. The molecule has 0 aromatic carbocycles. The van der Waals surface area contributed by atoms with Gasteiger partial charge in [-0.3, -0.25) is 0 Å². The van der Waals surface area contributed by atoms with Crippen molar-refractivity contribution in [3.8, 4) is 0 Å². The number of anilines is 1. The average molecular weight is 314 g/mol. The van der Waals surface area contributed by atoms with Crippen LogP contribution >= 0.6 is 11.6 Å². The maximum atomic E-state index is 6.10. The van der Waals surface area contributed by atoms with Crippen LogP contribution in [0.15, 0.2) is 12.3 Å². The fourth-order valence-corrected chi connectivity index (χ4v) is 2.59. The van der Waals surface area contributed by atoms with E-state index in [4.69, 9.17) is 22.1 Å². The molecular weight excluding hydrogens is 286 g/mol. The standard InChI is InChI=1S/C16H28ClN3O/c1-6-8-19-13(14(21-7-2)16(3,4)5)12-9-11(17)10-20-15(12)18/h9-10,13-14,19H,6-8H2,1-5H3,(H2,18,20). The van der Waals surface area contributed by atoms with Gasteiger partial charge in [0.2, 0.25) is 0 Å². The fraction of sp³-hybridized carbons (Fsp3) is 0.688. The van der Waals surface area contributed by atoms with Gasteiger partial charge in [-0.15, -0.1) is 0 Å². The van der Waals surface area contributed by atoms with E-state index in [2.05, 4.69) is 38.0 Å². The van der Waals surface area contributed by atoms with Gasteiger partial charge in [0.1, 0.15) is 5.82 Å². The van der Waals surface area contributed by atoms with Crippen LogP contribution < -0.4 is 11.1 Å². The quantitative estimate of drug-likeness (QED) is 0.803. The zero-order valence-corrected chi connectivity index (χ0v) is 14.5. The topological polar surface area (TPSA) is 60.2 Å². The minimum atomic E-state index is -0.0316. The zero-order chi connectivity index (χ0) is 16.0. The summed E-state index contributed by atoms with van der Waals surface area (Å²) in [4.78, 5) is 4.18. The van der Waals surface area contributed by atoms with E-state index >= 15 is 0 Å². The Kier molecular flexibility index (Phi) is 6.91. The predicted octanol–water partition coefficient (Wildman–Crippen LogP) is 3.81. The van der Waals surface area contributed by atoms with Gasteiger partial charge < -0.3 is 15.8 Å². The van der Waals surface area contributed by atoms with E-state index in [0.29, 0.717) is 17.4 Å². The van der Waals surface area contributed by atoms with Crippen LogP contribution in [0.1, 0.15) is 52.6 Å². The minimum absolute atomic E-state index is 0.0170. The predicted molar refractivity (Wildman–Crippen MR) is 89.6 cm³/mol. The van der Waals surface area contributed by atoms with Crippen LogP contribution in [0.4, 0.5) is 5.82 Å². The Bertz CT molecular complexity index is 446. The number of nitrogens with two attached hydrogens (primary N) is 1. The second-order valence-corrected chi connectivity index (χ2v) is 6.74. The van der Waals surface area contributed by atoms with Crippen LogP contribution in [0.25, 0.3) is 0 Å². The van der Waals surface area contributed by atoms with E-state index in [0.717, 1.165) is 18.5 Å². The van der Waals surface area contributed by atoms with Crippen LogP contribution in [-0.4, -0.2) is 24.2 Å². The number of nitrogens with zero attached hydrogens (tertiary/aromatic N) is 1. The molecule has 0 aliphatic heterocycles. The van der Waals surface area contributed by atoms with Gasteiger partial charge in [0.05, 0.1) is 17.2 Å². The van der Waals surface area contributed by atoms with Gasteiger partial charge in [0.25, 0.3) is 0 Å². The molecule has 0 radical (unpaired) electrons. The van der Waals surface area contributed by atoms with Gasteiger partial charge in [-0.1, -0.05) is 39.3 Å². The normalized spacial score (nSPS) is 15.0. The van der Waals surface area contributed by atoms with Crippen LogP contribution in [0, 0.1) is 5.41 Å². The van der Waals surface area contributed by atoms with Crippen molar-refractivity contribution >= 4 is 17.4 Å². The smallest absolute Gasteiger partial charge is 0.128 e. The van der Waals surface area contributed by atoms with Crippen LogP contribution in [0.5, 0.6) is 0 Å². The maximum Gasteiger partial charge on any atom is 0.128 e. The number of hydrogen-bond acceptors (Lipinski definition) is 4. The summed E-state index contributed by atoms with van der Waals surface area (Å²) < 4.78 is 6.03. The molecule has 1 aromatic rings. The zero-order valence-electron chi connectivity index (χ0n) is 13.7. The molecule has 1 rings (SSSR count). The Labute approximate surface area is 133 Å². The summed E-state index contributed by atoms with van der Waals surface area (Å²) in [5.74, 6) is 0.502. The Morgan fingerprint density at radius 2 is 2.05 bits per heavy atom. The largest absolute Gasteiger partial charge is 0.383 e. The number of hydrogen-bond donors (Lipinski definition) is 2. The Hall–Kier alpha value is -0.840. The van der Waals surface area contributed by atoms with Gasteiger partial charge in [-0.25, -0.2) is 4.98 Å². The Morgan fingerprint density at radius 3 is 2.57 bits per heavy atom. The van der Waals surface area contributed by atoms with E-state index in [1.165, 1.54) is 0 Å². The van der Waals surface area contributed by atoms with E-state index in [1.54, 1.807) is 6.20 Å². The van der Waals surface area contributed by atoms with Crippen LogP contribution in [0.2, 0.25) is 5.02 Å². The summed E-state index contributed by atoms with van der Waals surface area (Å²) in [6.45, 7) is 12.2. The summed E-state index contributed by atoms with van der Waals surface area (Å²) in [7, 11) is 0. The monoisotopic (exact) mass is 313 g/mol. The molecule has 0 aliphatic carbocycles. The Balaban J connectivity index is 3.22. The van der Waals surface area contributed by atoms with E-state index in [-0.39, 0.29) is 17.6 Å². The second-order valence-electron chi connectivity index (χ2n) is 6.30. The summed E-state index contributed by atoms with van der Waals surface area (Å²) in [5.41, 5.74) is 6.95. The van der Waals surface area contributed by atoms with Crippen molar-refractivity contribution < 1.29 is 4.74 Å². The highest BCUT2D eigenvalue weighted by Crippen LogP contribution is 2.35. The molecule has 4 nitrogen and oxygen atoms in total. The average Bonchev–Trinajstić information content (AvgIpc) is 2.40. The number of aromatic nitrogens is 1. The molecule has 0 bridgehead atoms. The molecule has 0 amide bonds. The van der Waals surface area contributed by atoms with Gasteiger partial charge in [-0.05, 0) is 31.4 Å². The molecule has 3 N–H and O–H groups in total. The second kappa shape index (κ2) is 7.97. The highest BCUT2D eigenvalue weighted by molar-refractivity contribution is 6.30. The van der Waals surface area contributed by atoms with E-state index in [1.807, 2.05) is 13.0 Å². The van der Waals surface area contributed by atoms with Crippen molar-refractivity contribution in [3.63, 3.8) is 0 Å². The number of pyridine rings is 1. The van der Waals surface area contributed by atoms with Crippen molar-refractivity contribution in [2.45, 2.75) is 53.2 Å². The first-order chi connectivity index (χ1) is 9.81. The third-order valence-electron chi connectivity index (χ3n) is 3.37. The van der Waals surface area contributed by atoms with Crippen molar-refractivity contribution in [1.29, 1.82) is 0 Å². The lowest BCUT2D eigenvalue weighted by Gasteiger charge is -2.37. The summed E-state index contributed by atoms with van der Waals surface area (Å²) in [6.07, 6.45) is 2.59. The molecule has 21 heavy (non-hydrogen) atoms. The van der Waals surface area contributed by atoms with E-state index in [9.17, 15) is 0 Å². The SMILES string of the molecule is CCCNC(c1cc(Cl)cnc1N)C(OCC)C(C)(C)C. The van der Waals surface area contributed by atoms with Gasteiger partial charge in [-0.2, -0.15) is 0 Å². The Morgan fingerprint density at radius 1 is 1.38 bits per heavy atom. The molecule has 1 heterocycles. The molecule has 0 spiro atoms. The minimum Gasteiger partial charge on any atom is -0.383 e. The molecular formula is C16H28ClN3O. The maximum absolute atomic E-state index is 6.10. The van der Waals surface area contributed by atoms with E-state index < -0.39 is 0 Å².